The molecule has 12 aromatic rings. The molecule has 8 heterocycles. The first kappa shape index (κ1) is 65.6. The molecule has 0 N–H and O–H groups in total. The Labute approximate surface area is 635 Å². The lowest BCUT2D eigenvalue weighted by Crippen LogP contribution is -2.31. The summed E-state index contributed by atoms with van der Waals surface area (Å²) >= 11 is 0. The number of aromatic nitrogens is 8. The van der Waals surface area contributed by atoms with Crippen LogP contribution in [0.5, 0.6) is 0 Å². The summed E-state index contributed by atoms with van der Waals surface area (Å²) in [5.41, 5.74) is 43.4. The third kappa shape index (κ3) is 11.8. The van der Waals surface area contributed by atoms with Crippen LogP contribution < -0.4 is 9.13 Å². The van der Waals surface area contributed by atoms with Gasteiger partial charge in [-0.3, -0.25) is 29.9 Å². The Kier molecular flexibility index (Phi) is 16.8. The van der Waals surface area contributed by atoms with E-state index in [1.807, 2.05) is 36.3 Å². The van der Waals surface area contributed by atoms with Crippen LogP contribution in [0.4, 0.5) is 0 Å². The Bertz CT molecular complexity index is 5700. The van der Waals surface area contributed by atoms with E-state index in [4.69, 9.17) is 25.4 Å². The number of rotatable bonds is 6. The first-order valence-electron chi connectivity index (χ1n) is 40.9. The van der Waals surface area contributed by atoms with E-state index in [0.29, 0.717) is 5.56 Å². The van der Waals surface area contributed by atoms with E-state index >= 15 is 0 Å². The van der Waals surface area contributed by atoms with Gasteiger partial charge in [0.05, 0.1) is 34.2 Å². The number of hydrogen-bond acceptors (Lipinski definition) is 6. The Hall–Kier alpha value is -9.92. The Morgan fingerprint density at radius 3 is 1.25 bits per heavy atom. The molecule has 1 atom stereocenters. The standard InChI is InChI=1S/C27H31N2.C25H26N2.C24H24N2.C22H23N2/c1-17(2)20-10-13-29(5)25(15-20)22-16-23-21-9-8-19(4)28-26(21)27(11-6-7-12-27)24(23)14-18(22)3;1-4-18-9-12-26-23(14-18)20-15-21-19-8-7-17(3)27-24(19)25(10-5-6-11-25)22(21)13-16(20)2;1-15-8-11-25-22(12-15)19-14-20-18-7-6-17(3)26-23(18)24(9-4-5-10-24)21(20)13-16(19)2;1-14-12-19-18(13-17(14)20-8-6-7-11-24(20)5)16-10-9-15(2)23-21(16)22(19,3)4/h8-10,13-17H,6-7,11-12H2,1-5H3;7-9,12-15H,4-6,10-11H2,1-3H3;6-8,11-14H,4-5,9-10H2,1-3H3;6-13H,1-5H3/q+1;;;+1/i1D3,17D;;;. The predicted octanol–water partition coefficient (Wildman–Crippen LogP) is 22.7. The lowest BCUT2D eigenvalue weighted by Gasteiger charge is -2.26. The third-order valence-corrected chi connectivity index (χ3v) is 25.2. The summed E-state index contributed by atoms with van der Waals surface area (Å²) in [6, 6.07) is 55.1. The van der Waals surface area contributed by atoms with Gasteiger partial charge >= 0.3 is 0 Å². The zero-order valence-electron chi connectivity index (χ0n) is 69.0. The lowest BCUT2D eigenvalue weighted by atomic mass is 9.78. The Morgan fingerprint density at radius 1 is 0.396 bits per heavy atom. The summed E-state index contributed by atoms with van der Waals surface area (Å²) in [6.45, 7) is 25.1. The fourth-order valence-corrected chi connectivity index (χ4v) is 19.6. The molecule has 8 aromatic heterocycles. The number of nitrogens with zero attached hydrogens (tertiary/aromatic N) is 8. The van der Waals surface area contributed by atoms with Crippen LogP contribution in [0.2, 0.25) is 0 Å². The molecule has 8 nitrogen and oxygen atoms in total. The van der Waals surface area contributed by atoms with Crippen molar-refractivity contribution in [2.24, 2.45) is 14.1 Å². The molecule has 3 fully saturated rings. The molecule has 1 unspecified atom stereocenters. The third-order valence-electron chi connectivity index (χ3n) is 25.2. The van der Waals surface area contributed by atoms with E-state index in [1.54, 1.807) is 6.07 Å². The molecule has 7 aliphatic rings. The number of hydrogen-bond donors (Lipinski definition) is 0. The van der Waals surface area contributed by atoms with Crippen LogP contribution in [0.3, 0.4) is 0 Å². The van der Waals surface area contributed by atoms with Crippen molar-refractivity contribution < 1.29 is 14.6 Å². The number of aryl methyl sites for hydroxylation is 12. The fourth-order valence-electron chi connectivity index (χ4n) is 19.6. The SMILES string of the molecule is CCc1ccnc(-c2cc3c(cc2C)C2(CCCC2)c2nc(C)ccc2-3)c1.Cc1ccc2c(n1)C(C)(C)c1cc(C)c(-c3cccc[n+]3C)cc1-2.Cc1ccnc(-c2cc3c(cc2C)C2(CCCC2)c2nc(C)ccc2-3)c1.[2H]C([2H])([2H])C([2H])(C)c1cc[n+](C)c(-c2cc3c(cc2C)C2(CCCC2)c2nc(C)ccc2-3)c1. The highest BCUT2D eigenvalue weighted by Gasteiger charge is 2.50. The smallest absolute Gasteiger partial charge is 0.212 e. The fraction of sp³-hybridized carbons (Fsp3) is 0.347. The van der Waals surface area contributed by atoms with Gasteiger partial charge in [0.1, 0.15) is 14.1 Å². The molecule has 0 amide bonds. The highest BCUT2D eigenvalue weighted by atomic mass is 14.9. The molecule has 3 spiro atoms. The van der Waals surface area contributed by atoms with Crippen LogP contribution >= 0.6 is 0 Å². The number of pyridine rings is 8. The summed E-state index contributed by atoms with van der Waals surface area (Å²) in [5.74, 6) is -1.68. The van der Waals surface area contributed by atoms with Gasteiger partial charge < -0.3 is 0 Å². The molecule has 8 heteroatoms. The van der Waals surface area contributed by atoms with Crippen LogP contribution in [0.25, 0.3) is 89.5 Å². The van der Waals surface area contributed by atoms with Crippen LogP contribution in [0.15, 0.2) is 176 Å². The van der Waals surface area contributed by atoms with Crippen molar-refractivity contribution in [3.8, 4) is 89.5 Å². The van der Waals surface area contributed by atoms with Gasteiger partial charge in [0.15, 0.2) is 12.4 Å². The average Bonchev–Trinajstić information content (AvgIpc) is 1.57. The topological polar surface area (TPSA) is 85.1 Å². The molecule has 4 aromatic carbocycles. The molecule has 7 aliphatic carbocycles. The Morgan fingerprint density at radius 2 is 0.792 bits per heavy atom. The lowest BCUT2D eigenvalue weighted by molar-refractivity contribution is -0.660. The van der Waals surface area contributed by atoms with Crippen molar-refractivity contribution in [2.45, 2.75) is 208 Å². The summed E-state index contributed by atoms with van der Waals surface area (Å²) in [5, 5.41) is 0. The molecule has 106 heavy (non-hydrogen) atoms. The molecular formula is C98H104N8+2. The maximum atomic E-state index is 8.57. The van der Waals surface area contributed by atoms with Gasteiger partial charge in [0.25, 0.3) is 0 Å². The van der Waals surface area contributed by atoms with Crippen LogP contribution in [0.1, 0.15) is 230 Å². The molecule has 0 radical (unpaired) electrons. The van der Waals surface area contributed by atoms with Crippen molar-refractivity contribution in [1.82, 2.24) is 29.9 Å². The van der Waals surface area contributed by atoms with Gasteiger partial charge in [-0.25, -0.2) is 9.13 Å². The van der Waals surface area contributed by atoms with Crippen molar-refractivity contribution >= 4 is 0 Å². The second kappa shape index (κ2) is 27.1. The molecule has 0 aliphatic heterocycles. The van der Waals surface area contributed by atoms with E-state index in [9.17, 15) is 0 Å². The van der Waals surface area contributed by atoms with E-state index in [-0.39, 0.29) is 21.7 Å². The van der Waals surface area contributed by atoms with Crippen LogP contribution in [0, 0.1) is 62.3 Å². The molecule has 3 saturated carbocycles. The molecular weight excluding hydrogens is 1290 g/mol. The highest BCUT2D eigenvalue weighted by molar-refractivity contribution is 5.89. The molecule has 0 saturated heterocycles. The van der Waals surface area contributed by atoms with E-state index < -0.39 is 12.7 Å². The van der Waals surface area contributed by atoms with Crippen molar-refractivity contribution in [3.63, 3.8) is 0 Å². The first-order chi connectivity index (χ1) is 52.5. The zero-order chi connectivity index (χ0) is 77.3. The second-order valence-corrected chi connectivity index (χ2v) is 32.6. The second-order valence-electron chi connectivity index (χ2n) is 32.6. The minimum Gasteiger partial charge on any atom is -0.257 e. The minimum atomic E-state index is -2.41. The van der Waals surface area contributed by atoms with Crippen LogP contribution in [-0.2, 0) is 42.2 Å². The number of fused-ring (bicyclic) bond motifs is 18. The molecule has 19 rings (SSSR count). The predicted molar refractivity (Wildman–Crippen MR) is 434 cm³/mol. The first-order valence-corrected chi connectivity index (χ1v) is 38.9. The highest BCUT2D eigenvalue weighted by Crippen LogP contribution is 2.61. The average molecular weight is 1400 g/mol. The normalized spacial score (nSPS) is 17.3. The van der Waals surface area contributed by atoms with Gasteiger partial charge in [-0.05, 0) is 275 Å². The van der Waals surface area contributed by atoms with Gasteiger partial charge in [-0.1, -0.05) is 122 Å². The van der Waals surface area contributed by atoms with Crippen LogP contribution in [-0.4, -0.2) is 29.9 Å². The van der Waals surface area contributed by atoms with E-state index in [2.05, 4.69) is 250 Å². The molecule has 534 valence electrons. The van der Waals surface area contributed by atoms with E-state index in [1.165, 1.54) is 211 Å². The van der Waals surface area contributed by atoms with E-state index in [0.717, 1.165) is 70.2 Å². The number of benzene rings is 4. The maximum absolute atomic E-state index is 8.57. The Balaban J connectivity index is 0.000000112. The van der Waals surface area contributed by atoms with Crippen molar-refractivity contribution in [3.05, 3.63) is 283 Å². The molecule has 0 bridgehead atoms. The van der Waals surface area contributed by atoms with Gasteiger partial charge in [-0.15, -0.1) is 0 Å². The monoisotopic (exact) mass is 1400 g/mol. The minimum absolute atomic E-state index is 0.0189. The zero-order valence-corrected chi connectivity index (χ0v) is 65.0. The quantitative estimate of drug-likeness (QED) is 0.154. The maximum Gasteiger partial charge on any atom is 0.212 e. The summed E-state index contributed by atoms with van der Waals surface area (Å²) in [7, 11) is 4.07. The van der Waals surface area contributed by atoms with Crippen molar-refractivity contribution in [1.29, 1.82) is 0 Å². The summed E-state index contributed by atoms with van der Waals surface area (Å²) in [4.78, 5) is 29.3. The summed E-state index contributed by atoms with van der Waals surface area (Å²) < 4.78 is 36.4. The van der Waals surface area contributed by atoms with Gasteiger partial charge in [0.2, 0.25) is 11.4 Å². The largest absolute Gasteiger partial charge is 0.257 e. The van der Waals surface area contributed by atoms with Gasteiger partial charge in [0, 0.05) is 131 Å². The summed E-state index contributed by atoms with van der Waals surface area (Å²) in [6.07, 6.45) is 23.7. The van der Waals surface area contributed by atoms with Crippen molar-refractivity contribution in [2.75, 3.05) is 0 Å². The van der Waals surface area contributed by atoms with Gasteiger partial charge in [-0.2, -0.15) is 0 Å².